The quantitative estimate of drug-likeness (QED) is 0.819. The van der Waals surface area contributed by atoms with Crippen LogP contribution in [0.3, 0.4) is 0 Å². The first-order chi connectivity index (χ1) is 8.92. The van der Waals surface area contributed by atoms with Crippen molar-refractivity contribution in [3.8, 4) is 5.75 Å². The average molecular weight is 268 g/mol. The number of methoxy groups -OCH3 is 1. The van der Waals surface area contributed by atoms with Gasteiger partial charge in [0.15, 0.2) is 5.75 Å². The molecule has 0 aromatic carbocycles. The Hall–Kier alpha value is -1.07. The zero-order valence-corrected chi connectivity index (χ0v) is 13.3. The van der Waals surface area contributed by atoms with E-state index in [1.165, 1.54) is 0 Å². The maximum absolute atomic E-state index is 5.47. The normalized spacial score (nSPS) is 16.4. The van der Waals surface area contributed by atoms with Gasteiger partial charge in [-0.1, -0.05) is 13.8 Å². The van der Waals surface area contributed by atoms with Crippen LogP contribution in [0.2, 0.25) is 0 Å². The van der Waals surface area contributed by atoms with Crippen molar-refractivity contribution in [2.75, 3.05) is 27.7 Å². The van der Waals surface area contributed by atoms with Gasteiger partial charge >= 0.3 is 0 Å². The Labute approximate surface area is 116 Å². The van der Waals surface area contributed by atoms with Gasteiger partial charge in [0.1, 0.15) is 0 Å². The molecule has 1 N–H and O–H groups in total. The monoisotopic (exact) mass is 268 g/mol. The highest BCUT2D eigenvalue weighted by Gasteiger charge is 2.38. The lowest BCUT2D eigenvalue weighted by Gasteiger charge is -2.43. The van der Waals surface area contributed by atoms with E-state index >= 15 is 0 Å². The van der Waals surface area contributed by atoms with Gasteiger partial charge in [-0.25, -0.2) is 0 Å². The van der Waals surface area contributed by atoms with E-state index in [0.717, 1.165) is 24.4 Å². The number of aryl methyl sites for hydroxylation is 1. The van der Waals surface area contributed by atoms with E-state index in [0.29, 0.717) is 0 Å². The Balaban J connectivity index is 3.30. The number of hydrogen-bond acceptors (Lipinski definition) is 4. The second-order valence-corrected chi connectivity index (χ2v) is 5.32. The molecule has 0 saturated carbocycles. The van der Waals surface area contributed by atoms with E-state index in [9.17, 15) is 0 Å². The second kappa shape index (κ2) is 6.39. The van der Waals surface area contributed by atoms with Crippen LogP contribution < -0.4 is 10.1 Å². The molecule has 0 bridgehead atoms. The fourth-order valence-corrected chi connectivity index (χ4v) is 2.51. The first-order valence-corrected chi connectivity index (χ1v) is 6.89. The van der Waals surface area contributed by atoms with Crippen LogP contribution in [0.25, 0.3) is 0 Å². The van der Waals surface area contributed by atoms with Gasteiger partial charge in [0.25, 0.3) is 0 Å². The van der Waals surface area contributed by atoms with Gasteiger partial charge in [0, 0.05) is 12.6 Å². The van der Waals surface area contributed by atoms with Gasteiger partial charge in [-0.15, -0.1) is 0 Å². The molecular weight excluding hydrogens is 240 g/mol. The first-order valence-electron chi connectivity index (χ1n) is 6.89. The first kappa shape index (κ1) is 16.0. The molecule has 2 atom stereocenters. The highest BCUT2D eigenvalue weighted by Crippen LogP contribution is 2.36. The van der Waals surface area contributed by atoms with E-state index in [-0.39, 0.29) is 11.6 Å². The summed E-state index contributed by atoms with van der Waals surface area (Å²) in [5, 5.41) is 7.92. The van der Waals surface area contributed by atoms with Crippen molar-refractivity contribution in [3.05, 3.63) is 11.9 Å². The standard InChI is InChI=1S/C14H28N4O/c1-8-14(3,17(4)5)13(15-9-2)12-11(19-7)10-16-18(12)6/h10,13,15H,8-9H2,1-7H3. The SMILES string of the molecule is CCNC(c1c(OC)cnn1C)C(C)(CC)N(C)C. The molecule has 1 aromatic heterocycles. The molecule has 0 aliphatic rings. The number of nitrogens with zero attached hydrogens (tertiary/aromatic N) is 3. The van der Waals surface area contributed by atoms with Crippen LogP contribution in [0.4, 0.5) is 0 Å². The Kier molecular flexibility index (Phi) is 5.38. The third-order valence-corrected chi connectivity index (χ3v) is 4.21. The summed E-state index contributed by atoms with van der Waals surface area (Å²) in [4.78, 5) is 2.27. The molecule has 1 rings (SSSR count). The number of rotatable bonds is 7. The molecule has 0 saturated heterocycles. The molecule has 19 heavy (non-hydrogen) atoms. The van der Waals surface area contributed by atoms with Gasteiger partial charge in [0.05, 0.1) is 25.0 Å². The Bertz CT molecular complexity index is 402. The van der Waals surface area contributed by atoms with E-state index < -0.39 is 0 Å². The molecule has 5 nitrogen and oxygen atoms in total. The second-order valence-electron chi connectivity index (χ2n) is 5.32. The lowest BCUT2D eigenvalue weighted by molar-refractivity contribution is 0.108. The number of ether oxygens (including phenoxy) is 1. The van der Waals surface area contributed by atoms with Crippen molar-refractivity contribution < 1.29 is 4.74 Å². The van der Waals surface area contributed by atoms with Gasteiger partial charge in [0.2, 0.25) is 0 Å². The van der Waals surface area contributed by atoms with Crippen molar-refractivity contribution in [1.29, 1.82) is 0 Å². The summed E-state index contributed by atoms with van der Waals surface area (Å²) in [5.41, 5.74) is 1.10. The number of aromatic nitrogens is 2. The van der Waals surface area contributed by atoms with E-state index in [1.807, 2.05) is 11.7 Å². The topological polar surface area (TPSA) is 42.3 Å². The molecule has 1 aromatic rings. The fraction of sp³-hybridized carbons (Fsp3) is 0.786. The minimum absolute atomic E-state index is 0.00289. The largest absolute Gasteiger partial charge is 0.493 e. The van der Waals surface area contributed by atoms with Crippen molar-refractivity contribution in [3.63, 3.8) is 0 Å². The highest BCUT2D eigenvalue weighted by atomic mass is 16.5. The maximum atomic E-state index is 5.47. The molecular formula is C14H28N4O. The molecule has 0 aliphatic carbocycles. The summed E-state index contributed by atoms with van der Waals surface area (Å²) < 4.78 is 7.38. The molecule has 2 unspecified atom stereocenters. The van der Waals surface area contributed by atoms with E-state index in [2.05, 4.69) is 50.2 Å². The zero-order chi connectivity index (χ0) is 14.6. The average Bonchev–Trinajstić information content (AvgIpc) is 2.75. The summed E-state index contributed by atoms with van der Waals surface area (Å²) in [7, 11) is 7.91. The maximum Gasteiger partial charge on any atom is 0.161 e. The predicted molar refractivity (Wildman–Crippen MR) is 78.6 cm³/mol. The number of nitrogens with one attached hydrogen (secondary N) is 1. The van der Waals surface area contributed by atoms with Crippen LogP contribution in [0, 0.1) is 0 Å². The highest BCUT2D eigenvalue weighted by molar-refractivity contribution is 5.31. The van der Waals surface area contributed by atoms with Crippen molar-refractivity contribution >= 4 is 0 Å². The molecule has 0 spiro atoms. The summed E-state index contributed by atoms with van der Waals surface area (Å²) in [6, 6.07) is 0.167. The lowest BCUT2D eigenvalue weighted by Crippen LogP contribution is -2.51. The van der Waals surface area contributed by atoms with Crippen LogP contribution in [-0.4, -0.2) is 48.0 Å². The molecule has 0 radical (unpaired) electrons. The van der Waals surface area contributed by atoms with E-state index in [1.54, 1.807) is 13.3 Å². The van der Waals surface area contributed by atoms with Crippen LogP contribution >= 0.6 is 0 Å². The molecule has 110 valence electrons. The number of likely N-dealkylation sites (N-methyl/N-ethyl adjacent to an activating group) is 2. The third-order valence-electron chi connectivity index (χ3n) is 4.21. The Morgan fingerprint density at radius 3 is 2.53 bits per heavy atom. The van der Waals surface area contributed by atoms with Crippen molar-refractivity contribution in [1.82, 2.24) is 20.0 Å². The summed E-state index contributed by atoms with van der Waals surface area (Å²) >= 11 is 0. The van der Waals surface area contributed by atoms with Crippen LogP contribution in [0.5, 0.6) is 5.75 Å². The van der Waals surface area contributed by atoms with Crippen LogP contribution in [-0.2, 0) is 7.05 Å². The third kappa shape index (κ3) is 2.92. The molecule has 1 heterocycles. The summed E-state index contributed by atoms with van der Waals surface area (Å²) in [5.74, 6) is 0.843. The Morgan fingerprint density at radius 2 is 2.11 bits per heavy atom. The number of hydrogen-bond donors (Lipinski definition) is 1. The van der Waals surface area contributed by atoms with Gasteiger partial charge in [-0.2, -0.15) is 5.10 Å². The zero-order valence-electron chi connectivity index (χ0n) is 13.3. The molecule has 0 amide bonds. The summed E-state index contributed by atoms with van der Waals surface area (Å²) in [6.45, 7) is 7.52. The minimum Gasteiger partial charge on any atom is -0.493 e. The Morgan fingerprint density at radius 1 is 1.47 bits per heavy atom. The van der Waals surface area contributed by atoms with Crippen LogP contribution in [0.1, 0.15) is 38.9 Å². The van der Waals surface area contributed by atoms with Crippen LogP contribution in [0.15, 0.2) is 6.20 Å². The van der Waals surface area contributed by atoms with Crippen molar-refractivity contribution in [2.24, 2.45) is 7.05 Å². The van der Waals surface area contributed by atoms with Gasteiger partial charge in [-0.05, 0) is 34.0 Å². The minimum atomic E-state index is -0.00289. The molecule has 0 fully saturated rings. The lowest BCUT2D eigenvalue weighted by atomic mass is 9.85. The molecule has 0 aliphatic heterocycles. The van der Waals surface area contributed by atoms with Crippen molar-refractivity contribution in [2.45, 2.75) is 38.8 Å². The fourth-order valence-electron chi connectivity index (χ4n) is 2.51. The smallest absolute Gasteiger partial charge is 0.161 e. The van der Waals surface area contributed by atoms with E-state index in [4.69, 9.17) is 4.74 Å². The van der Waals surface area contributed by atoms with Gasteiger partial charge in [-0.3, -0.25) is 4.68 Å². The summed E-state index contributed by atoms with van der Waals surface area (Å²) in [6.07, 6.45) is 2.82. The predicted octanol–water partition coefficient (Wildman–Crippen LogP) is 1.81. The molecule has 5 heteroatoms. The van der Waals surface area contributed by atoms with Gasteiger partial charge < -0.3 is 15.0 Å².